The van der Waals surface area contributed by atoms with E-state index in [0.29, 0.717) is 33.5 Å². The minimum atomic E-state index is -1.30. The summed E-state index contributed by atoms with van der Waals surface area (Å²) >= 11 is 12.4. The maximum atomic E-state index is 14.4. The number of benzene rings is 2. The van der Waals surface area contributed by atoms with Gasteiger partial charge in [-0.15, -0.1) is 0 Å². The Hall–Kier alpha value is -4.13. The summed E-state index contributed by atoms with van der Waals surface area (Å²) in [5, 5.41) is 9.89. The molecule has 2 aliphatic rings. The average Bonchev–Trinajstić information content (AvgIpc) is 3.40. The average molecular weight is 592 g/mol. The number of imide groups is 1. The van der Waals surface area contributed by atoms with E-state index in [0.717, 1.165) is 10.5 Å². The van der Waals surface area contributed by atoms with Crippen molar-refractivity contribution in [1.29, 1.82) is 5.26 Å². The molecule has 3 aromatic rings. The summed E-state index contributed by atoms with van der Waals surface area (Å²) in [5.74, 6) is -0.850. The van der Waals surface area contributed by atoms with E-state index in [2.05, 4.69) is 11.1 Å². The van der Waals surface area contributed by atoms with Gasteiger partial charge in [0.15, 0.2) is 0 Å². The molecule has 11 heteroatoms. The second-order valence-corrected chi connectivity index (χ2v) is 12.0. The molecule has 9 nitrogen and oxygen atoms in total. The maximum absolute atomic E-state index is 14.4. The zero-order valence-corrected chi connectivity index (χ0v) is 24.4. The number of rotatable bonds is 4. The number of pyridine rings is 1. The topological polar surface area (TPSA) is 107 Å². The Balaban J connectivity index is 1.55. The highest BCUT2D eigenvalue weighted by molar-refractivity contribution is 6.36. The molecular formula is C30H27Cl2N5O4. The highest BCUT2D eigenvalue weighted by atomic mass is 35.5. The fraction of sp³-hybridized carbons (Fsp3) is 0.300. The highest BCUT2D eigenvalue weighted by Crippen LogP contribution is 2.47. The second-order valence-electron chi connectivity index (χ2n) is 11.1. The van der Waals surface area contributed by atoms with E-state index in [1.807, 2.05) is 4.90 Å². The van der Waals surface area contributed by atoms with Gasteiger partial charge in [0.05, 0.1) is 29.4 Å². The Kier molecular flexibility index (Phi) is 7.18. The lowest BCUT2D eigenvalue weighted by Gasteiger charge is -2.33. The van der Waals surface area contributed by atoms with E-state index in [9.17, 15) is 19.6 Å². The lowest BCUT2D eigenvalue weighted by Crippen LogP contribution is -2.53. The van der Waals surface area contributed by atoms with Crippen molar-refractivity contribution in [2.45, 2.75) is 37.8 Å². The molecule has 2 aliphatic heterocycles. The van der Waals surface area contributed by atoms with Crippen LogP contribution in [0.5, 0.6) is 0 Å². The SMILES string of the molecule is CN1C(=O)N(c2cc(Cl)cc(Cl)c2)C(=O)[C@]12CN(c1ccc(C(=O)OC(C)(C)C)cn1)C[C@H]2c1ccc(C#N)cc1. The number of nitrogens with zero attached hydrogens (tertiary/aromatic N) is 5. The van der Waals surface area contributed by atoms with Crippen molar-refractivity contribution in [2.75, 3.05) is 29.9 Å². The molecule has 2 saturated heterocycles. The molecule has 0 bridgehead atoms. The van der Waals surface area contributed by atoms with E-state index in [1.165, 1.54) is 29.3 Å². The third-order valence-electron chi connectivity index (χ3n) is 7.32. The summed E-state index contributed by atoms with van der Waals surface area (Å²) < 4.78 is 5.44. The molecule has 5 rings (SSSR count). The van der Waals surface area contributed by atoms with Crippen molar-refractivity contribution in [1.82, 2.24) is 9.88 Å². The summed E-state index contributed by atoms with van der Waals surface area (Å²) in [6, 6.07) is 16.5. The number of halogens is 2. The number of likely N-dealkylation sites (N-methyl/N-ethyl adjacent to an activating group) is 1. The Morgan fingerprint density at radius 1 is 1.07 bits per heavy atom. The molecule has 1 aromatic heterocycles. The first-order valence-electron chi connectivity index (χ1n) is 12.9. The van der Waals surface area contributed by atoms with Crippen molar-refractivity contribution in [3.63, 3.8) is 0 Å². The normalized spacial score (nSPS) is 20.6. The van der Waals surface area contributed by atoms with Crippen molar-refractivity contribution in [2.24, 2.45) is 0 Å². The van der Waals surface area contributed by atoms with Crippen LogP contribution in [0.3, 0.4) is 0 Å². The van der Waals surface area contributed by atoms with Crippen LogP contribution in [0, 0.1) is 11.3 Å². The predicted molar refractivity (Wildman–Crippen MR) is 155 cm³/mol. The van der Waals surface area contributed by atoms with Gasteiger partial charge in [-0.2, -0.15) is 5.26 Å². The first-order chi connectivity index (χ1) is 19.3. The molecule has 2 fully saturated rings. The lowest BCUT2D eigenvalue weighted by atomic mass is 9.80. The van der Waals surface area contributed by atoms with Gasteiger partial charge in [-0.25, -0.2) is 19.5 Å². The molecular weight excluding hydrogens is 565 g/mol. The molecule has 0 radical (unpaired) electrons. The van der Waals surface area contributed by atoms with Crippen molar-refractivity contribution < 1.29 is 19.1 Å². The van der Waals surface area contributed by atoms with Crippen LogP contribution in [-0.4, -0.2) is 59.1 Å². The standard InChI is InChI=1S/C30H27Cl2N5O4/c1-29(2,3)41-26(38)20-9-10-25(34-15-20)36-16-24(19-7-5-18(14-33)6-8-19)30(17-36)27(39)37(28(40)35(30)4)23-12-21(31)11-22(32)13-23/h5-13,15,24H,16-17H2,1-4H3/t24-,30+/m0/s1. The molecule has 0 saturated carbocycles. The van der Waals surface area contributed by atoms with Gasteiger partial charge < -0.3 is 14.5 Å². The van der Waals surface area contributed by atoms with Gasteiger partial charge in [0.2, 0.25) is 0 Å². The van der Waals surface area contributed by atoms with Gasteiger partial charge in [0, 0.05) is 35.8 Å². The zero-order valence-electron chi connectivity index (χ0n) is 22.9. The van der Waals surface area contributed by atoms with Crippen LogP contribution >= 0.6 is 23.2 Å². The Morgan fingerprint density at radius 3 is 2.29 bits per heavy atom. The molecule has 3 amide bonds. The number of hydrogen-bond donors (Lipinski definition) is 0. The number of ether oxygens (including phenoxy) is 1. The van der Waals surface area contributed by atoms with E-state index in [1.54, 1.807) is 64.2 Å². The Morgan fingerprint density at radius 2 is 1.73 bits per heavy atom. The zero-order chi connectivity index (χ0) is 29.7. The van der Waals surface area contributed by atoms with Crippen molar-refractivity contribution >= 4 is 52.6 Å². The maximum Gasteiger partial charge on any atom is 0.340 e. The number of anilines is 2. The van der Waals surface area contributed by atoms with Crippen LogP contribution in [0.1, 0.15) is 48.2 Å². The molecule has 2 aromatic carbocycles. The largest absolute Gasteiger partial charge is 0.456 e. The first kappa shape index (κ1) is 28.4. The van der Waals surface area contributed by atoms with Gasteiger partial charge in [-0.3, -0.25) is 4.79 Å². The number of urea groups is 1. The highest BCUT2D eigenvalue weighted by Gasteiger charge is 2.64. The lowest BCUT2D eigenvalue weighted by molar-refractivity contribution is -0.124. The Labute approximate surface area is 247 Å². The number of carbonyl (C=O) groups excluding carboxylic acids is 3. The van der Waals surface area contributed by atoms with Crippen molar-refractivity contribution in [3.05, 3.63) is 87.5 Å². The molecule has 0 aliphatic carbocycles. The van der Waals surface area contributed by atoms with E-state index in [4.69, 9.17) is 27.9 Å². The molecule has 0 unspecified atom stereocenters. The number of esters is 1. The monoisotopic (exact) mass is 591 g/mol. The molecule has 3 heterocycles. The first-order valence-corrected chi connectivity index (χ1v) is 13.6. The van der Waals surface area contributed by atoms with Crippen LogP contribution in [0.25, 0.3) is 0 Å². The smallest absolute Gasteiger partial charge is 0.340 e. The van der Waals surface area contributed by atoms with E-state index >= 15 is 0 Å². The number of aromatic nitrogens is 1. The van der Waals surface area contributed by atoms with E-state index < -0.39 is 35.0 Å². The number of hydrogen-bond acceptors (Lipinski definition) is 7. The Bertz CT molecular complexity index is 1560. The predicted octanol–water partition coefficient (Wildman–Crippen LogP) is 5.66. The molecule has 210 valence electrons. The van der Waals surface area contributed by atoms with Crippen LogP contribution in [0.2, 0.25) is 10.0 Å². The summed E-state index contributed by atoms with van der Waals surface area (Å²) in [4.78, 5) is 49.5. The van der Waals surface area contributed by atoms with Gasteiger partial charge in [-0.05, 0) is 68.8 Å². The molecule has 2 atom stereocenters. The van der Waals surface area contributed by atoms with Crippen LogP contribution in [0.15, 0.2) is 60.8 Å². The quantitative estimate of drug-likeness (QED) is 0.285. The molecule has 0 N–H and O–H groups in total. The summed E-state index contributed by atoms with van der Waals surface area (Å²) in [5.41, 5.74) is -0.103. The molecule has 41 heavy (non-hydrogen) atoms. The van der Waals surface area contributed by atoms with E-state index in [-0.39, 0.29) is 12.2 Å². The fourth-order valence-electron chi connectivity index (χ4n) is 5.41. The minimum absolute atomic E-state index is 0.141. The number of amides is 3. The summed E-state index contributed by atoms with van der Waals surface area (Å²) in [6.07, 6.45) is 1.44. The summed E-state index contributed by atoms with van der Waals surface area (Å²) in [6.45, 7) is 5.85. The van der Waals surface area contributed by atoms with Crippen molar-refractivity contribution in [3.8, 4) is 6.07 Å². The third kappa shape index (κ3) is 5.09. The fourth-order valence-corrected chi connectivity index (χ4v) is 5.93. The molecule has 1 spiro atoms. The van der Waals surface area contributed by atoms with Gasteiger partial charge in [0.25, 0.3) is 5.91 Å². The summed E-state index contributed by atoms with van der Waals surface area (Å²) in [7, 11) is 1.60. The van der Waals surface area contributed by atoms with Crippen LogP contribution in [0.4, 0.5) is 16.3 Å². The van der Waals surface area contributed by atoms with Gasteiger partial charge >= 0.3 is 12.0 Å². The number of nitriles is 1. The van der Waals surface area contributed by atoms with Gasteiger partial charge in [-0.1, -0.05) is 35.3 Å². The minimum Gasteiger partial charge on any atom is -0.456 e. The van der Waals surface area contributed by atoms with Crippen LogP contribution < -0.4 is 9.80 Å². The van der Waals surface area contributed by atoms with Crippen LogP contribution in [-0.2, 0) is 9.53 Å². The third-order valence-corrected chi connectivity index (χ3v) is 7.75. The second kappa shape index (κ2) is 10.4. The van der Waals surface area contributed by atoms with Gasteiger partial charge in [0.1, 0.15) is 17.0 Å². The number of carbonyl (C=O) groups is 3.